The number of aromatic nitrogens is 2. The molecule has 0 saturated heterocycles. The SMILES string of the molecule is CCCNC(CSc1nccc(=O)[nH]1)(C(=O)O)C1CC1. The largest absolute Gasteiger partial charge is 0.480 e. The highest BCUT2D eigenvalue weighted by molar-refractivity contribution is 7.99. The van der Waals surface area contributed by atoms with Gasteiger partial charge in [0, 0.05) is 18.0 Å². The first kappa shape index (κ1) is 15.1. The minimum atomic E-state index is -0.922. The second kappa shape index (κ2) is 6.41. The molecule has 3 N–H and O–H groups in total. The number of carboxylic acids is 1. The molecule has 1 aromatic rings. The summed E-state index contributed by atoms with van der Waals surface area (Å²) in [7, 11) is 0. The minimum absolute atomic E-state index is 0.162. The summed E-state index contributed by atoms with van der Waals surface area (Å²) < 4.78 is 0. The third-order valence-corrected chi connectivity index (χ3v) is 4.51. The van der Waals surface area contributed by atoms with Crippen molar-refractivity contribution < 1.29 is 9.90 Å². The molecule has 1 aliphatic carbocycles. The number of aliphatic carboxylic acids is 1. The highest BCUT2D eigenvalue weighted by Crippen LogP contribution is 2.42. The first-order valence-electron chi connectivity index (χ1n) is 6.75. The van der Waals surface area contributed by atoms with Crippen molar-refractivity contribution in [3.63, 3.8) is 0 Å². The third kappa shape index (κ3) is 3.40. The minimum Gasteiger partial charge on any atom is -0.480 e. The van der Waals surface area contributed by atoms with Crippen molar-refractivity contribution in [2.75, 3.05) is 12.3 Å². The lowest BCUT2D eigenvalue weighted by Gasteiger charge is -2.30. The molecule has 1 saturated carbocycles. The van der Waals surface area contributed by atoms with Gasteiger partial charge in [0.05, 0.1) is 0 Å². The standard InChI is InChI=1S/C13H19N3O3S/c1-2-6-15-13(11(18)19,9-3-4-9)8-20-12-14-7-5-10(17)16-12/h5,7,9,15H,2-4,6,8H2,1H3,(H,18,19)(H,14,16,17). The van der Waals surface area contributed by atoms with Gasteiger partial charge in [0.2, 0.25) is 0 Å². The molecule has 1 aromatic heterocycles. The summed E-state index contributed by atoms with van der Waals surface area (Å²) in [5.74, 6) is -0.298. The third-order valence-electron chi connectivity index (χ3n) is 3.43. The summed E-state index contributed by atoms with van der Waals surface area (Å²) in [6.45, 7) is 2.68. The van der Waals surface area contributed by atoms with Gasteiger partial charge < -0.3 is 15.4 Å². The van der Waals surface area contributed by atoms with Crippen LogP contribution in [0.25, 0.3) is 0 Å². The van der Waals surface area contributed by atoms with Crippen LogP contribution in [0.3, 0.4) is 0 Å². The van der Waals surface area contributed by atoms with Crippen LogP contribution in [-0.4, -0.2) is 38.9 Å². The van der Waals surface area contributed by atoms with Crippen LogP contribution in [0.1, 0.15) is 26.2 Å². The lowest BCUT2D eigenvalue weighted by molar-refractivity contribution is -0.144. The Morgan fingerprint density at radius 3 is 2.95 bits per heavy atom. The molecule has 6 nitrogen and oxygen atoms in total. The fourth-order valence-corrected chi connectivity index (χ4v) is 3.29. The van der Waals surface area contributed by atoms with E-state index in [2.05, 4.69) is 15.3 Å². The quantitative estimate of drug-likeness (QED) is 0.491. The number of aromatic amines is 1. The predicted molar refractivity (Wildman–Crippen MR) is 77.0 cm³/mol. The second-order valence-electron chi connectivity index (χ2n) is 5.01. The molecule has 7 heteroatoms. The second-order valence-corrected chi connectivity index (χ2v) is 5.97. The summed E-state index contributed by atoms with van der Waals surface area (Å²) >= 11 is 1.28. The highest BCUT2D eigenvalue weighted by atomic mass is 32.2. The van der Waals surface area contributed by atoms with E-state index in [0.29, 0.717) is 17.5 Å². The lowest BCUT2D eigenvalue weighted by Crippen LogP contribution is -2.56. The molecule has 0 amide bonds. The van der Waals surface area contributed by atoms with Crippen molar-refractivity contribution in [1.29, 1.82) is 0 Å². The molecule has 1 unspecified atom stereocenters. The summed E-state index contributed by atoms with van der Waals surface area (Å²) in [6, 6.07) is 1.34. The lowest BCUT2D eigenvalue weighted by atomic mass is 9.95. The fourth-order valence-electron chi connectivity index (χ4n) is 2.16. The van der Waals surface area contributed by atoms with Crippen molar-refractivity contribution in [2.24, 2.45) is 5.92 Å². The van der Waals surface area contributed by atoms with Crippen LogP contribution in [0, 0.1) is 5.92 Å². The molecule has 110 valence electrons. The average Bonchev–Trinajstić information content (AvgIpc) is 3.24. The Morgan fingerprint density at radius 1 is 1.65 bits per heavy atom. The van der Waals surface area contributed by atoms with E-state index in [1.807, 2.05) is 6.92 Å². The number of H-pyrrole nitrogens is 1. The number of carbonyl (C=O) groups is 1. The molecular weight excluding hydrogens is 278 g/mol. The van der Waals surface area contributed by atoms with Gasteiger partial charge in [0.1, 0.15) is 5.54 Å². The molecule has 0 spiro atoms. The van der Waals surface area contributed by atoms with Crippen molar-refractivity contribution in [2.45, 2.75) is 36.9 Å². The van der Waals surface area contributed by atoms with Crippen LogP contribution in [-0.2, 0) is 4.79 Å². The van der Waals surface area contributed by atoms with E-state index in [4.69, 9.17) is 0 Å². The van der Waals surface area contributed by atoms with Crippen LogP contribution >= 0.6 is 11.8 Å². The summed E-state index contributed by atoms with van der Waals surface area (Å²) in [5.41, 5.74) is -1.15. The maximum absolute atomic E-state index is 11.7. The fraction of sp³-hybridized carbons (Fsp3) is 0.615. The van der Waals surface area contributed by atoms with Gasteiger partial charge in [-0.25, -0.2) is 4.98 Å². The van der Waals surface area contributed by atoms with E-state index in [1.54, 1.807) is 0 Å². The van der Waals surface area contributed by atoms with Crippen molar-refractivity contribution >= 4 is 17.7 Å². The van der Waals surface area contributed by atoms with E-state index >= 15 is 0 Å². The monoisotopic (exact) mass is 297 g/mol. The molecule has 20 heavy (non-hydrogen) atoms. The molecule has 1 atom stereocenters. The summed E-state index contributed by atoms with van der Waals surface area (Å²) in [4.78, 5) is 29.6. The molecular formula is C13H19N3O3S. The van der Waals surface area contributed by atoms with E-state index in [9.17, 15) is 14.7 Å². The molecule has 1 heterocycles. The van der Waals surface area contributed by atoms with E-state index in [0.717, 1.165) is 19.3 Å². The van der Waals surface area contributed by atoms with Crippen LogP contribution < -0.4 is 10.9 Å². The molecule has 0 aromatic carbocycles. The van der Waals surface area contributed by atoms with Crippen LogP contribution in [0.2, 0.25) is 0 Å². The van der Waals surface area contributed by atoms with Crippen LogP contribution in [0.4, 0.5) is 0 Å². The molecule has 0 bridgehead atoms. The maximum atomic E-state index is 11.7. The Bertz CT molecular complexity index is 530. The number of carboxylic acid groups (broad SMARTS) is 1. The number of rotatable bonds is 8. The van der Waals surface area contributed by atoms with Gasteiger partial charge in [-0.15, -0.1) is 0 Å². The van der Waals surface area contributed by atoms with Gasteiger partial charge in [-0.2, -0.15) is 0 Å². The topological polar surface area (TPSA) is 95.1 Å². The Morgan fingerprint density at radius 2 is 2.40 bits per heavy atom. The van der Waals surface area contributed by atoms with Gasteiger partial charge in [-0.3, -0.25) is 9.59 Å². The molecule has 1 fully saturated rings. The predicted octanol–water partition coefficient (Wildman–Crippen LogP) is 1.09. The van der Waals surface area contributed by atoms with Crippen molar-refractivity contribution in [1.82, 2.24) is 15.3 Å². The van der Waals surface area contributed by atoms with Gasteiger partial charge in [0.25, 0.3) is 5.56 Å². The average molecular weight is 297 g/mol. The zero-order valence-corrected chi connectivity index (χ0v) is 12.2. The number of thioether (sulfide) groups is 1. The zero-order valence-electron chi connectivity index (χ0n) is 11.4. The first-order valence-corrected chi connectivity index (χ1v) is 7.73. The summed E-state index contributed by atoms with van der Waals surface area (Å²) in [6.07, 6.45) is 4.18. The summed E-state index contributed by atoms with van der Waals surface area (Å²) in [5, 5.41) is 13.3. The number of hydrogen-bond acceptors (Lipinski definition) is 5. The van der Waals surface area contributed by atoms with Gasteiger partial charge >= 0.3 is 5.97 Å². The Hall–Kier alpha value is -1.34. The van der Waals surface area contributed by atoms with E-state index < -0.39 is 11.5 Å². The Kier molecular flexibility index (Phi) is 4.82. The highest BCUT2D eigenvalue weighted by Gasteiger charge is 2.50. The number of nitrogens with zero attached hydrogens (tertiary/aromatic N) is 1. The first-order chi connectivity index (χ1) is 9.58. The van der Waals surface area contributed by atoms with E-state index in [1.165, 1.54) is 24.0 Å². The smallest absolute Gasteiger partial charge is 0.325 e. The maximum Gasteiger partial charge on any atom is 0.325 e. The van der Waals surface area contributed by atoms with Gasteiger partial charge in [-0.05, 0) is 31.7 Å². The normalized spacial score (nSPS) is 17.6. The van der Waals surface area contributed by atoms with Crippen LogP contribution in [0.5, 0.6) is 0 Å². The van der Waals surface area contributed by atoms with Crippen LogP contribution in [0.15, 0.2) is 22.2 Å². The Balaban J connectivity index is 2.11. The molecule has 0 aliphatic heterocycles. The van der Waals surface area contributed by atoms with Crippen molar-refractivity contribution in [3.05, 3.63) is 22.6 Å². The Labute approximate surface area is 121 Å². The zero-order chi connectivity index (χ0) is 14.6. The molecule has 0 radical (unpaired) electrons. The molecule has 2 rings (SSSR count). The van der Waals surface area contributed by atoms with E-state index in [-0.39, 0.29) is 11.5 Å². The van der Waals surface area contributed by atoms with Crippen molar-refractivity contribution in [3.8, 4) is 0 Å². The van der Waals surface area contributed by atoms with Gasteiger partial charge in [0.15, 0.2) is 5.16 Å². The molecule has 1 aliphatic rings. The number of nitrogens with one attached hydrogen (secondary N) is 2. The van der Waals surface area contributed by atoms with Gasteiger partial charge in [-0.1, -0.05) is 18.7 Å². The number of hydrogen-bond donors (Lipinski definition) is 3.